The predicted octanol–water partition coefficient (Wildman–Crippen LogP) is 10.1. The fourth-order valence-corrected chi connectivity index (χ4v) is 5.84. The minimum atomic E-state index is -2.79. The molecule has 0 bridgehead atoms. The zero-order chi connectivity index (χ0) is 22.9. The van der Waals surface area contributed by atoms with Gasteiger partial charge in [0.05, 0.1) is 6.61 Å². The zero-order valence-electron chi connectivity index (χ0n) is 21.7. The van der Waals surface area contributed by atoms with Crippen LogP contribution in [0.5, 0.6) is 0 Å². The van der Waals surface area contributed by atoms with Crippen LogP contribution < -0.4 is 5.09 Å². The number of nitrogens with zero attached hydrogens (tertiary/aromatic N) is 1. The van der Waals surface area contributed by atoms with Crippen molar-refractivity contribution in [1.82, 2.24) is 5.09 Å². The molecule has 0 aromatic rings. The van der Waals surface area contributed by atoms with E-state index in [2.05, 4.69) is 25.9 Å². The Morgan fingerprint density at radius 3 is 1.39 bits per heavy atom. The van der Waals surface area contributed by atoms with Crippen molar-refractivity contribution in [3.8, 4) is 0 Å². The third-order valence-corrected chi connectivity index (χ3v) is 8.26. The summed E-state index contributed by atoms with van der Waals surface area (Å²) >= 11 is 0. The van der Waals surface area contributed by atoms with Crippen LogP contribution in [0.4, 0.5) is 0 Å². The lowest BCUT2D eigenvalue weighted by Crippen LogP contribution is -2.11. The SMILES string of the molecule is CCCCCCCCC[N]P(=O)(CCCCCCCCC)OCCCCCCCCC. The molecule has 0 N–H and O–H groups in total. The van der Waals surface area contributed by atoms with Gasteiger partial charge in [0.25, 0.3) is 7.52 Å². The van der Waals surface area contributed by atoms with Crippen molar-refractivity contribution in [2.24, 2.45) is 0 Å². The van der Waals surface area contributed by atoms with E-state index >= 15 is 0 Å². The second-order valence-corrected chi connectivity index (χ2v) is 11.7. The van der Waals surface area contributed by atoms with Gasteiger partial charge in [-0.05, 0) is 19.3 Å². The first-order valence-electron chi connectivity index (χ1n) is 14.1. The van der Waals surface area contributed by atoms with Gasteiger partial charge >= 0.3 is 0 Å². The van der Waals surface area contributed by atoms with E-state index in [1.54, 1.807) is 0 Å². The molecule has 0 aromatic carbocycles. The van der Waals surface area contributed by atoms with Crippen molar-refractivity contribution < 1.29 is 9.09 Å². The van der Waals surface area contributed by atoms with Gasteiger partial charge in [-0.3, -0.25) is 4.57 Å². The van der Waals surface area contributed by atoms with Crippen molar-refractivity contribution in [3.05, 3.63) is 0 Å². The van der Waals surface area contributed by atoms with E-state index in [9.17, 15) is 4.57 Å². The van der Waals surface area contributed by atoms with E-state index < -0.39 is 7.52 Å². The highest BCUT2D eigenvalue weighted by molar-refractivity contribution is 7.56. The third-order valence-electron chi connectivity index (χ3n) is 6.16. The first-order valence-corrected chi connectivity index (χ1v) is 15.9. The lowest BCUT2D eigenvalue weighted by atomic mass is 10.1. The third kappa shape index (κ3) is 23.1. The Labute approximate surface area is 196 Å². The van der Waals surface area contributed by atoms with E-state index in [-0.39, 0.29) is 0 Å². The van der Waals surface area contributed by atoms with Crippen LogP contribution >= 0.6 is 7.52 Å². The predicted molar refractivity (Wildman–Crippen MR) is 139 cm³/mol. The van der Waals surface area contributed by atoms with E-state index in [4.69, 9.17) is 4.52 Å². The Kier molecular flexibility index (Phi) is 24.9. The van der Waals surface area contributed by atoms with E-state index in [1.165, 1.54) is 116 Å². The summed E-state index contributed by atoms with van der Waals surface area (Å²) in [5, 5.41) is 4.63. The summed E-state index contributed by atoms with van der Waals surface area (Å²) in [6.07, 6.45) is 27.1. The van der Waals surface area contributed by atoms with Gasteiger partial charge in [0.1, 0.15) is 0 Å². The molecule has 1 radical (unpaired) electrons. The Hall–Kier alpha value is 0.150. The fourth-order valence-electron chi connectivity index (χ4n) is 4.00. The maximum Gasteiger partial charge on any atom is 0.286 e. The van der Waals surface area contributed by atoms with Crippen LogP contribution in [0.15, 0.2) is 0 Å². The Morgan fingerprint density at radius 1 is 0.516 bits per heavy atom. The van der Waals surface area contributed by atoms with Gasteiger partial charge in [-0.2, -0.15) is 5.09 Å². The molecule has 0 saturated carbocycles. The van der Waals surface area contributed by atoms with Crippen molar-refractivity contribution in [3.63, 3.8) is 0 Å². The van der Waals surface area contributed by atoms with Gasteiger partial charge in [0.2, 0.25) is 0 Å². The number of unbranched alkanes of at least 4 members (excludes halogenated alkanes) is 18. The van der Waals surface area contributed by atoms with Gasteiger partial charge < -0.3 is 4.52 Å². The van der Waals surface area contributed by atoms with Gasteiger partial charge in [-0.1, -0.05) is 136 Å². The number of rotatable bonds is 26. The zero-order valence-corrected chi connectivity index (χ0v) is 22.6. The molecular formula is C27H57NO2P. The van der Waals surface area contributed by atoms with E-state index in [1.807, 2.05) is 0 Å². The molecular weight excluding hydrogens is 401 g/mol. The van der Waals surface area contributed by atoms with Crippen LogP contribution in [0.2, 0.25) is 0 Å². The monoisotopic (exact) mass is 458 g/mol. The molecule has 1 unspecified atom stereocenters. The normalized spacial score (nSPS) is 13.5. The van der Waals surface area contributed by atoms with Gasteiger partial charge in [-0.25, -0.2) is 0 Å². The van der Waals surface area contributed by atoms with E-state index in [0.29, 0.717) is 12.8 Å². The average Bonchev–Trinajstić information content (AvgIpc) is 2.77. The number of hydrogen-bond donors (Lipinski definition) is 0. The Morgan fingerprint density at radius 2 is 0.903 bits per heavy atom. The lowest BCUT2D eigenvalue weighted by Gasteiger charge is -2.18. The molecule has 4 heteroatoms. The van der Waals surface area contributed by atoms with Crippen LogP contribution in [0.3, 0.4) is 0 Å². The molecule has 0 fully saturated rings. The smallest absolute Gasteiger partial charge is 0.286 e. The molecule has 1 atom stereocenters. The Bertz CT molecular complexity index is 365. The number of hydrogen-bond acceptors (Lipinski definition) is 2. The second kappa shape index (κ2) is 24.8. The van der Waals surface area contributed by atoms with Gasteiger partial charge in [0.15, 0.2) is 0 Å². The summed E-state index contributed by atoms with van der Waals surface area (Å²) < 4.78 is 19.3. The van der Waals surface area contributed by atoms with Crippen molar-refractivity contribution >= 4 is 7.52 Å². The largest absolute Gasteiger partial charge is 0.317 e. The lowest BCUT2D eigenvalue weighted by molar-refractivity contribution is 0.292. The average molecular weight is 459 g/mol. The molecule has 3 nitrogen and oxygen atoms in total. The standard InChI is InChI=1S/C27H57NO2P/c1-4-7-10-13-16-19-22-25-28-31(29,27-24-21-18-15-12-9-6-3)30-26-23-20-17-14-11-8-5-2/h4-27H2,1-3H3. The molecule has 0 amide bonds. The molecule has 0 spiro atoms. The molecule has 0 aliphatic rings. The molecule has 0 heterocycles. The summed E-state index contributed by atoms with van der Waals surface area (Å²) in [6, 6.07) is 0. The van der Waals surface area contributed by atoms with Crippen molar-refractivity contribution in [2.45, 2.75) is 156 Å². The summed E-state index contributed by atoms with van der Waals surface area (Å²) in [6.45, 7) is 8.12. The minimum Gasteiger partial charge on any atom is -0.317 e. The first kappa shape index (κ1) is 31.1. The topological polar surface area (TPSA) is 40.4 Å². The van der Waals surface area contributed by atoms with Crippen LogP contribution in [-0.2, 0) is 9.09 Å². The van der Waals surface area contributed by atoms with Crippen LogP contribution in [-0.4, -0.2) is 19.3 Å². The Balaban J connectivity index is 4.05. The van der Waals surface area contributed by atoms with Crippen LogP contribution in [0.25, 0.3) is 0 Å². The minimum absolute atomic E-state index is 0.627. The molecule has 0 saturated heterocycles. The molecule has 187 valence electrons. The van der Waals surface area contributed by atoms with Gasteiger partial charge in [-0.15, -0.1) is 0 Å². The molecule has 0 aliphatic heterocycles. The second-order valence-electron chi connectivity index (χ2n) is 9.42. The maximum atomic E-state index is 13.3. The summed E-state index contributed by atoms with van der Waals surface area (Å²) in [5.41, 5.74) is 0. The molecule has 0 aromatic heterocycles. The highest BCUT2D eigenvalue weighted by Gasteiger charge is 2.23. The first-order chi connectivity index (χ1) is 15.2. The van der Waals surface area contributed by atoms with Crippen LogP contribution in [0.1, 0.15) is 156 Å². The highest BCUT2D eigenvalue weighted by Crippen LogP contribution is 2.45. The molecule has 31 heavy (non-hydrogen) atoms. The molecule has 0 rings (SSSR count). The highest BCUT2D eigenvalue weighted by atomic mass is 31.2. The maximum absolute atomic E-state index is 13.3. The molecule has 0 aliphatic carbocycles. The van der Waals surface area contributed by atoms with Crippen LogP contribution in [0, 0.1) is 0 Å². The summed E-state index contributed by atoms with van der Waals surface area (Å²) in [5.74, 6) is 0. The van der Waals surface area contributed by atoms with E-state index in [0.717, 1.165) is 25.8 Å². The van der Waals surface area contributed by atoms with Gasteiger partial charge in [0, 0.05) is 12.7 Å². The quantitative estimate of drug-likeness (QED) is 0.0955. The summed E-state index contributed by atoms with van der Waals surface area (Å²) in [4.78, 5) is 0. The summed E-state index contributed by atoms with van der Waals surface area (Å²) in [7, 11) is -2.79. The van der Waals surface area contributed by atoms with Crippen molar-refractivity contribution in [2.75, 3.05) is 19.3 Å². The van der Waals surface area contributed by atoms with Crippen molar-refractivity contribution in [1.29, 1.82) is 0 Å². The fraction of sp³-hybridized carbons (Fsp3) is 1.00.